The zero-order chi connectivity index (χ0) is 18.7. The van der Waals surface area contributed by atoms with Gasteiger partial charge in [-0.15, -0.1) is 0 Å². The lowest BCUT2D eigenvalue weighted by molar-refractivity contribution is -0.143. The molecule has 1 fully saturated rings. The Balaban J connectivity index is 1.57. The van der Waals surface area contributed by atoms with Crippen LogP contribution >= 0.6 is 23.2 Å². The van der Waals surface area contributed by atoms with Gasteiger partial charge >= 0.3 is 11.8 Å². The van der Waals surface area contributed by atoms with Gasteiger partial charge in [0.2, 0.25) is 0 Å². The Hall–Kier alpha value is -2.44. The normalized spacial score (nSPS) is 14.2. The fourth-order valence-electron chi connectivity index (χ4n) is 2.77. The smallest absolute Gasteiger partial charge is 0.313 e. The van der Waals surface area contributed by atoms with Crippen LogP contribution in [0.3, 0.4) is 0 Å². The number of halogens is 2. The third-order valence-electron chi connectivity index (χ3n) is 4.19. The molecule has 1 saturated heterocycles. The summed E-state index contributed by atoms with van der Waals surface area (Å²) < 4.78 is 0. The summed E-state index contributed by atoms with van der Waals surface area (Å²) >= 11 is 11.9. The standard InChI is InChI=1S/C18H18Cl2N4O2/c19-12-2-1-3-14(10-12)23-6-8-24(9-7-23)18(26)17(25)22-13-4-5-16(21)15(20)11-13/h1-5,10-11H,6-9,21H2,(H,22,25). The Kier molecular flexibility index (Phi) is 5.54. The second-order valence-corrected chi connectivity index (χ2v) is 6.79. The predicted molar refractivity (Wildman–Crippen MR) is 105 cm³/mol. The number of hydrogen-bond acceptors (Lipinski definition) is 4. The zero-order valence-electron chi connectivity index (χ0n) is 13.9. The van der Waals surface area contributed by atoms with Crippen LogP contribution in [0.1, 0.15) is 0 Å². The first-order valence-electron chi connectivity index (χ1n) is 8.10. The monoisotopic (exact) mass is 392 g/mol. The van der Waals surface area contributed by atoms with E-state index in [1.54, 1.807) is 12.1 Å². The SMILES string of the molecule is Nc1ccc(NC(=O)C(=O)N2CCN(c3cccc(Cl)c3)CC2)cc1Cl. The van der Waals surface area contributed by atoms with Crippen LogP contribution in [0, 0.1) is 0 Å². The topological polar surface area (TPSA) is 78.7 Å². The van der Waals surface area contributed by atoms with E-state index in [0.29, 0.717) is 47.6 Å². The minimum atomic E-state index is -0.693. The third-order valence-corrected chi connectivity index (χ3v) is 4.76. The number of carbonyl (C=O) groups is 2. The highest BCUT2D eigenvalue weighted by molar-refractivity contribution is 6.40. The first kappa shape index (κ1) is 18.4. The van der Waals surface area contributed by atoms with Crippen molar-refractivity contribution in [2.45, 2.75) is 0 Å². The van der Waals surface area contributed by atoms with Gasteiger partial charge in [-0.3, -0.25) is 9.59 Å². The van der Waals surface area contributed by atoms with E-state index in [1.807, 2.05) is 24.3 Å². The molecule has 0 unspecified atom stereocenters. The Bertz CT molecular complexity index is 836. The maximum atomic E-state index is 12.4. The summed E-state index contributed by atoms with van der Waals surface area (Å²) in [6.45, 7) is 2.18. The van der Waals surface area contributed by atoms with Crippen molar-refractivity contribution in [2.75, 3.05) is 42.1 Å². The number of hydrogen-bond donors (Lipinski definition) is 2. The first-order chi connectivity index (χ1) is 12.4. The molecule has 0 radical (unpaired) electrons. The summed E-state index contributed by atoms with van der Waals surface area (Å²) in [5.74, 6) is -1.26. The number of nitrogens with one attached hydrogen (secondary N) is 1. The molecule has 2 amide bonds. The van der Waals surface area contributed by atoms with Crippen molar-refractivity contribution in [3.8, 4) is 0 Å². The van der Waals surface area contributed by atoms with E-state index in [1.165, 1.54) is 11.0 Å². The second-order valence-electron chi connectivity index (χ2n) is 5.95. The number of nitrogens with two attached hydrogens (primary N) is 1. The van der Waals surface area contributed by atoms with Gasteiger partial charge in [0.15, 0.2) is 0 Å². The van der Waals surface area contributed by atoms with Crippen molar-refractivity contribution in [1.29, 1.82) is 0 Å². The fourth-order valence-corrected chi connectivity index (χ4v) is 3.14. The van der Waals surface area contributed by atoms with Crippen LogP contribution in [0.25, 0.3) is 0 Å². The van der Waals surface area contributed by atoms with E-state index < -0.39 is 11.8 Å². The highest BCUT2D eigenvalue weighted by Crippen LogP contribution is 2.23. The minimum Gasteiger partial charge on any atom is -0.398 e. The Labute approximate surface area is 161 Å². The van der Waals surface area contributed by atoms with Crippen LogP contribution in [-0.4, -0.2) is 42.9 Å². The van der Waals surface area contributed by atoms with Crippen LogP contribution in [0.2, 0.25) is 10.0 Å². The van der Waals surface area contributed by atoms with E-state index in [-0.39, 0.29) is 0 Å². The first-order valence-corrected chi connectivity index (χ1v) is 8.85. The van der Waals surface area contributed by atoms with Gasteiger partial charge in [0, 0.05) is 42.6 Å². The molecule has 1 heterocycles. The van der Waals surface area contributed by atoms with E-state index in [2.05, 4.69) is 10.2 Å². The van der Waals surface area contributed by atoms with E-state index >= 15 is 0 Å². The zero-order valence-corrected chi connectivity index (χ0v) is 15.4. The number of nitrogens with zero attached hydrogens (tertiary/aromatic N) is 2. The largest absolute Gasteiger partial charge is 0.398 e. The van der Waals surface area contributed by atoms with Gasteiger partial charge in [0.1, 0.15) is 0 Å². The fraction of sp³-hybridized carbons (Fsp3) is 0.222. The number of piperazine rings is 1. The highest BCUT2D eigenvalue weighted by Gasteiger charge is 2.26. The van der Waals surface area contributed by atoms with Crippen LogP contribution in [0.15, 0.2) is 42.5 Å². The average molecular weight is 393 g/mol. The second kappa shape index (κ2) is 7.85. The molecule has 1 aliphatic heterocycles. The Morgan fingerprint density at radius 3 is 2.38 bits per heavy atom. The van der Waals surface area contributed by atoms with Crippen molar-refractivity contribution >= 4 is 52.1 Å². The van der Waals surface area contributed by atoms with Crippen molar-refractivity contribution in [3.63, 3.8) is 0 Å². The summed E-state index contributed by atoms with van der Waals surface area (Å²) in [6, 6.07) is 12.3. The molecule has 26 heavy (non-hydrogen) atoms. The summed E-state index contributed by atoms with van der Waals surface area (Å²) in [5.41, 5.74) is 7.48. The summed E-state index contributed by atoms with van der Waals surface area (Å²) in [7, 11) is 0. The Morgan fingerprint density at radius 2 is 1.73 bits per heavy atom. The molecule has 0 aromatic heterocycles. The molecule has 0 aliphatic carbocycles. The summed E-state index contributed by atoms with van der Waals surface area (Å²) in [4.78, 5) is 28.2. The molecule has 0 atom stereocenters. The molecule has 0 saturated carbocycles. The lowest BCUT2D eigenvalue weighted by Gasteiger charge is -2.35. The minimum absolute atomic E-state index is 0.324. The molecular formula is C18H18Cl2N4O2. The van der Waals surface area contributed by atoms with Gasteiger partial charge < -0.3 is 20.9 Å². The van der Waals surface area contributed by atoms with E-state index in [4.69, 9.17) is 28.9 Å². The number of benzene rings is 2. The number of amides is 2. The summed E-state index contributed by atoms with van der Waals surface area (Å²) in [5, 5.41) is 3.55. The molecule has 2 aromatic carbocycles. The van der Waals surface area contributed by atoms with E-state index in [0.717, 1.165) is 5.69 Å². The van der Waals surface area contributed by atoms with Gasteiger partial charge in [0.05, 0.1) is 10.7 Å². The lowest BCUT2D eigenvalue weighted by Crippen LogP contribution is -2.51. The van der Waals surface area contributed by atoms with Gasteiger partial charge in [0.25, 0.3) is 0 Å². The number of anilines is 3. The molecule has 0 spiro atoms. The van der Waals surface area contributed by atoms with Crippen molar-refractivity contribution in [2.24, 2.45) is 0 Å². The molecule has 0 bridgehead atoms. The lowest BCUT2D eigenvalue weighted by atomic mass is 10.2. The molecule has 3 rings (SSSR count). The number of carbonyl (C=O) groups excluding carboxylic acids is 2. The average Bonchev–Trinajstić information content (AvgIpc) is 2.64. The third kappa shape index (κ3) is 4.20. The molecule has 3 N–H and O–H groups in total. The van der Waals surface area contributed by atoms with Crippen molar-refractivity contribution in [1.82, 2.24) is 4.90 Å². The van der Waals surface area contributed by atoms with Gasteiger partial charge in [-0.2, -0.15) is 0 Å². The number of nitrogen functional groups attached to an aromatic ring is 1. The van der Waals surface area contributed by atoms with E-state index in [9.17, 15) is 9.59 Å². The molecule has 136 valence electrons. The summed E-state index contributed by atoms with van der Waals surface area (Å²) in [6.07, 6.45) is 0. The van der Waals surface area contributed by atoms with Gasteiger partial charge in [-0.05, 0) is 36.4 Å². The van der Waals surface area contributed by atoms with Crippen LogP contribution < -0.4 is 16.0 Å². The van der Waals surface area contributed by atoms with Crippen LogP contribution in [0.5, 0.6) is 0 Å². The van der Waals surface area contributed by atoms with Crippen LogP contribution in [0.4, 0.5) is 17.1 Å². The molecule has 6 nitrogen and oxygen atoms in total. The maximum absolute atomic E-state index is 12.4. The maximum Gasteiger partial charge on any atom is 0.313 e. The van der Waals surface area contributed by atoms with Gasteiger partial charge in [-0.1, -0.05) is 29.3 Å². The highest BCUT2D eigenvalue weighted by atomic mass is 35.5. The van der Waals surface area contributed by atoms with Gasteiger partial charge in [-0.25, -0.2) is 0 Å². The Morgan fingerprint density at radius 1 is 1.00 bits per heavy atom. The molecule has 8 heteroatoms. The quantitative estimate of drug-likeness (QED) is 0.608. The molecule has 1 aliphatic rings. The molecular weight excluding hydrogens is 375 g/mol. The van der Waals surface area contributed by atoms with Crippen LogP contribution in [-0.2, 0) is 9.59 Å². The van der Waals surface area contributed by atoms with Crippen molar-refractivity contribution in [3.05, 3.63) is 52.5 Å². The van der Waals surface area contributed by atoms with Crippen molar-refractivity contribution < 1.29 is 9.59 Å². The number of rotatable bonds is 2. The predicted octanol–water partition coefficient (Wildman–Crippen LogP) is 2.86. The molecule has 2 aromatic rings.